The lowest BCUT2D eigenvalue weighted by atomic mass is 10.1. The van der Waals surface area contributed by atoms with Crippen LogP contribution in [0.25, 0.3) is 62.4 Å². The Morgan fingerprint density at radius 3 is 1.84 bits per heavy atom. The lowest BCUT2D eigenvalue weighted by Gasteiger charge is -2.06. The molecule has 0 fully saturated rings. The zero-order valence-electron chi connectivity index (χ0n) is 27.0. The first-order valence-electron chi connectivity index (χ1n) is 15.6. The summed E-state index contributed by atoms with van der Waals surface area (Å²) in [6.07, 6.45) is 0. The molecule has 0 aliphatic carbocycles. The van der Waals surface area contributed by atoms with Gasteiger partial charge in [-0.1, -0.05) is 19.9 Å². The fourth-order valence-electron chi connectivity index (χ4n) is 5.41. The molecular weight excluding hydrogens is 707 g/mol. The number of nitrogens with one attached hydrogen (secondary N) is 1. The van der Waals surface area contributed by atoms with Crippen molar-refractivity contribution in [3.05, 3.63) is 108 Å². The van der Waals surface area contributed by atoms with E-state index in [2.05, 4.69) is 10.3 Å². The van der Waals surface area contributed by atoms with Crippen molar-refractivity contribution in [2.24, 2.45) is 0 Å². The molecule has 8 rings (SSSR count). The van der Waals surface area contributed by atoms with E-state index in [0.29, 0.717) is 37.7 Å². The van der Waals surface area contributed by atoms with E-state index in [0.717, 1.165) is 47.1 Å². The highest BCUT2D eigenvalue weighted by Crippen LogP contribution is 2.39. The summed E-state index contributed by atoms with van der Waals surface area (Å²) in [6.45, 7) is 5.65. The number of nitrogen functional groups attached to an aromatic ring is 1. The van der Waals surface area contributed by atoms with Crippen LogP contribution in [0.1, 0.15) is 29.8 Å². The van der Waals surface area contributed by atoms with Crippen LogP contribution in [0.3, 0.4) is 0 Å². The molecule has 0 aliphatic heterocycles. The summed E-state index contributed by atoms with van der Waals surface area (Å²) in [5.74, 6) is -0.215. The quantitative estimate of drug-likeness (QED) is 0.113. The molecule has 0 saturated heterocycles. The maximum Gasteiger partial charge on any atom is 0.296 e. The zero-order valence-corrected chi connectivity index (χ0v) is 30.2. The number of carbonyl (C=O) groups is 1. The third kappa shape index (κ3) is 6.49. The number of hydrogen-bond acceptors (Lipinski definition) is 10. The SMILES string of the molecule is CC.Cc1ccc2nc(-c3ccc4nc(-c5ccc(NC(=O)c6ccc7nc(-c8ccc(N)cc8)sc7c6)cc5)sc4c3)sc2c1S(=O)(=O)O. The van der Waals surface area contributed by atoms with Crippen molar-refractivity contribution in [1.29, 1.82) is 0 Å². The van der Waals surface area contributed by atoms with Gasteiger partial charge in [-0.3, -0.25) is 9.35 Å². The Morgan fingerprint density at radius 1 is 0.680 bits per heavy atom. The van der Waals surface area contributed by atoms with Gasteiger partial charge >= 0.3 is 0 Å². The van der Waals surface area contributed by atoms with Crippen LogP contribution in [0.15, 0.2) is 102 Å². The van der Waals surface area contributed by atoms with Crippen LogP contribution < -0.4 is 11.1 Å². The smallest absolute Gasteiger partial charge is 0.296 e. The number of aryl methyl sites for hydroxylation is 1. The number of fused-ring (bicyclic) bond motifs is 3. The van der Waals surface area contributed by atoms with Gasteiger partial charge in [-0.15, -0.1) is 34.0 Å². The van der Waals surface area contributed by atoms with Gasteiger partial charge in [-0.05, 0) is 103 Å². The molecule has 0 unspecified atom stereocenters. The van der Waals surface area contributed by atoms with Gasteiger partial charge in [0, 0.05) is 33.6 Å². The summed E-state index contributed by atoms with van der Waals surface area (Å²) in [4.78, 5) is 27.2. The number of rotatable bonds is 6. The Hall–Kier alpha value is -5.05. The first-order chi connectivity index (χ1) is 24.1. The number of benzene rings is 5. The van der Waals surface area contributed by atoms with Gasteiger partial charge in [-0.2, -0.15) is 8.42 Å². The highest BCUT2D eigenvalue weighted by molar-refractivity contribution is 7.86. The van der Waals surface area contributed by atoms with Crippen molar-refractivity contribution in [2.75, 3.05) is 11.1 Å². The molecular formula is C37H29N5O4S4. The third-order valence-electron chi connectivity index (χ3n) is 7.80. The molecule has 0 atom stereocenters. The number of nitrogens with zero attached hydrogens (tertiary/aromatic N) is 3. The number of amides is 1. The van der Waals surface area contributed by atoms with E-state index in [4.69, 9.17) is 15.7 Å². The lowest BCUT2D eigenvalue weighted by Crippen LogP contribution is -2.11. The Kier molecular flexibility index (Phi) is 8.93. The van der Waals surface area contributed by atoms with Crippen LogP contribution in [0.2, 0.25) is 0 Å². The molecule has 250 valence electrons. The van der Waals surface area contributed by atoms with Crippen molar-refractivity contribution in [1.82, 2.24) is 15.0 Å². The van der Waals surface area contributed by atoms with Gasteiger partial charge < -0.3 is 11.1 Å². The molecule has 13 heteroatoms. The molecule has 4 N–H and O–H groups in total. The van der Waals surface area contributed by atoms with E-state index in [9.17, 15) is 17.8 Å². The highest BCUT2D eigenvalue weighted by atomic mass is 32.2. The van der Waals surface area contributed by atoms with Gasteiger partial charge in [0.15, 0.2) is 0 Å². The molecule has 1 amide bonds. The second-order valence-electron chi connectivity index (χ2n) is 11.1. The minimum atomic E-state index is -4.40. The van der Waals surface area contributed by atoms with E-state index < -0.39 is 10.1 Å². The van der Waals surface area contributed by atoms with Gasteiger partial charge in [-0.25, -0.2) is 15.0 Å². The van der Waals surface area contributed by atoms with Crippen molar-refractivity contribution in [2.45, 2.75) is 25.7 Å². The number of anilines is 2. The van der Waals surface area contributed by atoms with E-state index in [1.165, 1.54) is 34.0 Å². The highest BCUT2D eigenvalue weighted by Gasteiger charge is 2.21. The predicted molar refractivity (Wildman–Crippen MR) is 207 cm³/mol. The van der Waals surface area contributed by atoms with Crippen molar-refractivity contribution >= 4 is 92.1 Å². The first-order valence-corrected chi connectivity index (χ1v) is 19.4. The molecule has 0 radical (unpaired) electrons. The molecule has 0 spiro atoms. The van der Waals surface area contributed by atoms with Crippen LogP contribution in [0, 0.1) is 6.92 Å². The number of thiazole rings is 3. The van der Waals surface area contributed by atoms with Crippen LogP contribution in [0.4, 0.5) is 11.4 Å². The third-order valence-corrected chi connectivity index (χ3v) is 12.2. The summed E-state index contributed by atoms with van der Waals surface area (Å²) in [5, 5.41) is 5.32. The zero-order chi connectivity index (χ0) is 35.2. The molecule has 3 aromatic heterocycles. The normalized spacial score (nSPS) is 11.5. The second kappa shape index (κ2) is 13.3. The lowest BCUT2D eigenvalue weighted by molar-refractivity contribution is 0.102. The number of carbonyl (C=O) groups excluding carboxylic acids is 1. The molecule has 8 aromatic rings. The summed E-state index contributed by atoms with van der Waals surface area (Å²) in [7, 11) is -4.40. The molecule has 9 nitrogen and oxygen atoms in total. The summed E-state index contributed by atoms with van der Waals surface area (Å²) < 4.78 is 36.2. The Morgan fingerprint density at radius 2 is 1.20 bits per heavy atom. The van der Waals surface area contributed by atoms with Crippen LogP contribution in [0.5, 0.6) is 0 Å². The standard InChI is InChI=1S/C35H23N5O4S4.C2H6/c1-18-2-13-27-30(31(18)48(42,43)44)47-35(40-27)22-8-15-26-29(17-22)46-34(39-26)20-5-11-24(12-6-20)37-32(41)21-7-14-25-28(16-21)45-33(38-25)19-3-9-23(36)10-4-19;1-2/h2-17H,36H2,1H3,(H,37,41)(H,42,43,44);1-2H3. The number of hydrogen-bond donors (Lipinski definition) is 3. The van der Waals surface area contributed by atoms with Crippen molar-refractivity contribution in [3.63, 3.8) is 0 Å². The maximum absolute atomic E-state index is 13.1. The fraction of sp³-hybridized carbons (Fsp3) is 0.0811. The van der Waals surface area contributed by atoms with E-state index in [-0.39, 0.29) is 10.8 Å². The van der Waals surface area contributed by atoms with Gasteiger partial charge in [0.25, 0.3) is 16.0 Å². The first kappa shape index (κ1) is 33.4. The van der Waals surface area contributed by atoms with Crippen LogP contribution in [-0.2, 0) is 10.1 Å². The fourth-order valence-corrected chi connectivity index (χ4v) is 9.74. The van der Waals surface area contributed by atoms with Gasteiger partial charge in [0.2, 0.25) is 0 Å². The van der Waals surface area contributed by atoms with Gasteiger partial charge in [0.05, 0.1) is 30.6 Å². The van der Waals surface area contributed by atoms with E-state index in [1.807, 2.05) is 92.7 Å². The summed E-state index contributed by atoms with van der Waals surface area (Å²) >= 11 is 4.28. The van der Waals surface area contributed by atoms with E-state index in [1.54, 1.807) is 25.1 Å². The molecule has 3 heterocycles. The number of aromatic nitrogens is 3. The molecule has 0 saturated carbocycles. The molecule has 5 aromatic carbocycles. The predicted octanol–water partition coefficient (Wildman–Crippen LogP) is 9.93. The summed E-state index contributed by atoms with van der Waals surface area (Å²) in [5.41, 5.74) is 13.1. The molecule has 0 bridgehead atoms. The Bertz CT molecular complexity index is 2660. The summed E-state index contributed by atoms with van der Waals surface area (Å²) in [6, 6.07) is 29.8. The minimum Gasteiger partial charge on any atom is -0.399 e. The van der Waals surface area contributed by atoms with Crippen LogP contribution in [-0.4, -0.2) is 33.8 Å². The molecule has 0 aliphatic rings. The van der Waals surface area contributed by atoms with Crippen molar-refractivity contribution < 1.29 is 17.8 Å². The van der Waals surface area contributed by atoms with Gasteiger partial charge in [0.1, 0.15) is 19.9 Å². The largest absolute Gasteiger partial charge is 0.399 e. The second-order valence-corrected chi connectivity index (χ2v) is 15.5. The monoisotopic (exact) mass is 735 g/mol. The van der Waals surface area contributed by atoms with E-state index >= 15 is 0 Å². The van der Waals surface area contributed by atoms with Crippen LogP contribution >= 0.6 is 34.0 Å². The average Bonchev–Trinajstić information content (AvgIpc) is 3.85. The Balaban J connectivity index is 0.00000193. The minimum absolute atomic E-state index is 0.102. The topological polar surface area (TPSA) is 148 Å². The average molecular weight is 736 g/mol. The maximum atomic E-state index is 13.1. The van der Waals surface area contributed by atoms with Crippen molar-refractivity contribution in [3.8, 4) is 31.7 Å². The number of nitrogens with two attached hydrogens (primary N) is 1. The molecule has 50 heavy (non-hydrogen) atoms. The Labute approximate surface area is 299 Å².